The minimum Gasteiger partial charge on any atom is -0.381 e. The number of unbranched alkanes of at least 4 members (excludes halogenated alkanes) is 1. The first-order valence-electron chi connectivity index (χ1n) is 5.02. The summed E-state index contributed by atoms with van der Waals surface area (Å²) in [6.07, 6.45) is 8.29. The van der Waals surface area contributed by atoms with Crippen LogP contribution < -0.4 is 5.73 Å². The molecule has 1 saturated heterocycles. The third-order valence-electron chi connectivity index (χ3n) is 2.67. The highest BCUT2D eigenvalue weighted by Crippen LogP contribution is 2.20. The van der Waals surface area contributed by atoms with Crippen molar-refractivity contribution < 1.29 is 9.53 Å². The van der Waals surface area contributed by atoms with Gasteiger partial charge in [-0.2, -0.15) is 0 Å². The van der Waals surface area contributed by atoms with E-state index in [1.807, 2.05) is 0 Å². The summed E-state index contributed by atoms with van der Waals surface area (Å²) in [5, 5.41) is 0. The summed E-state index contributed by atoms with van der Waals surface area (Å²) in [7, 11) is 0. The van der Waals surface area contributed by atoms with Crippen LogP contribution in [0.2, 0.25) is 0 Å². The molecular weight excluding hydrogens is 178 g/mol. The van der Waals surface area contributed by atoms with Gasteiger partial charge in [0.1, 0.15) is 0 Å². The predicted molar refractivity (Wildman–Crippen MR) is 54.7 cm³/mol. The second-order valence-electron chi connectivity index (χ2n) is 3.75. The quantitative estimate of drug-likeness (QED) is 0.535. The monoisotopic (exact) mass is 195 g/mol. The van der Waals surface area contributed by atoms with E-state index in [0.717, 1.165) is 6.42 Å². The molecule has 78 valence electrons. The highest BCUT2D eigenvalue weighted by molar-refractivity contribution is 5.88. The molecular formula is C11H17NO2. The number of carbonyl (C=O) groups is 1. The van der Waals surface area contributed by atoms with Crippen LogP contribution in [0.25, 0.3) is 0 Å². The molecule has 3 heteroatoms. The number of hydrogen-bond acceptors (Lipinski definition) is 3. The molecule has 0 saturated carbocycles. The first-order chi connectivity index (χ1) is 6.69. The lowest BCUT2D eigenvalue weighted by Gasteiger charge is -2.31. The summed E-state index contributed by atoms with van der Waals surface area (Å²) in [4.78, 5) is 11.7. The van der Waals surface area contributed by atoms with Crippen molar-refractivity contribution in [3.63, 3.8) is 0 Å². The molecule has 1 heterocycles. The highest BCUT2D eigenvalue weighted by atomic mass is 16.5. The molecule has 1 aliphatic rings. The highest BCUT2D eigenvalue weighted by Gasteiger charge is 2.34. The number of Topliss-reactive ketones (excluding diaryl/α,β-unsaturated/α-hetero) is 1. The van der Waals surface area contributed by atoms with Gasteiger partial charge in [0.2, 0.25) is 0 Å². The molecule has 1 fully saturated rings. The van der Waals surface area contributed by atoms with Gasteiger partial charge in [0.25, 0.3) is 0 Å². The molecule has 0 aliphatic carbocycles. The van der Waals surface area contributed by atoms with Crippen LogP contribution in [0.3, 0.4) is 0 Å². The molecule has 2 N–H and O–H groups in total. The van der Waals surface area contributed by atoms with E-state index in [-0.39, 0.29) is 5.78 Å². The zero-order chi connectivity index (χ0) is 10.4. The molecule has 0 aromatic carbocycles. The Morgan fingerprint density at radius 1 is 1.50 bits per heavy atom. The lowest BCUT2D eigenvalue weighted by Crippen LogP contribution is -2.51. The fourth-order valence-corrected chi connectivity index (χ4v) is 1.61. The van der Waals surface area contributed by atoms with Gasteiger partial charge in [-0.1, -0.05) is 0 Å². The SMILES string of the molecule is C#CCCCC(=O)C1(N)CCOCC1. The molecule has 1 aliphatic heterocycles. The van der Waals surface area contributed by atoms with Crippen molar-refractivity contribution in [3.8, 4) is 12.3 Å². The van der Waals surface area contributed by atoms with Crippen LogP contribution in [-0.2, 0) is 9.53 Å². The van der Waals surface area contributed by atoms with E-state index >= 15 is 0 Å². The topological polar surface area (TPSA) is 52.3 Å². The van der Waals surface area contributed by atoms with Crippen molar-refractivity contribution in [3.05, 3.63) is 0 Å². The van der Waals surface area contributed by atoms with Crippen molar-refractivity contribution in [2.45, 2.75) is 37.6 Å². The Morgan fingerprint density at radius 3 is 2.71 bits per heavy atom. The van der Waals surface area contributed by atoms with Crippen LogP contribution in [0.4, 0.5) is 0 Å². The lowest BCUT2D eigenvalue weighted by molar-refractivity contribution is -0.127. The summed E-state index contributed by atoms with van der Waals surface area (Å²) >= 11 is 0. The largest absolute Gasteiger partial charge is 0.381 e. The molecule has 0 unspecified atom stereocenters. The zero-order valence-corrected chi connectivity index (χ0v) is 8.42. The summed E-state index contributed by atoms with van der Waals surface area (Å²) in [6.45, 7) is 1.19. The summed E-state index contributed by atoms with van der Waals surface area (Å²) < 4.78 is 5.18. The Morgan fingerprint density at radius 2 is 2.14 bits per heavy atom. The molecule has 14 heavy (non-hydrogen) atoms. The Labute approximate surface area is 85.0 Å². The van der Waals surface area contributed by atoms with E-state index in [0.29, 0.717) is 38.9 Å². The summed E-state index contributed by atoms with van der Waals surface area (Å²) in [5.74, 6) is 2.66. The second kappa shape index (κ2) is 5.14. The lowest BCUT2D eigenvalue weighted by atomic mass is 9.84. The third-order valence-corrected chi connectivity index (χ3v) is 2.67. The van der Waals surface area contributed by atoms with E-state index < -0.39 is 5.54 Å². The van der Waals surface area contributed by atoms with Crippen LogP contribution in [0, 0.1) is 12.3 Å². The van der Waals surface area contributed by atoms with Crippen molar-refractivity contribution in [2.24, 2.45) is 5.73 Å². The second-order valence-corrected chi connectivity index (χ2v) is 3.75. The molecule has 1 rings (SSSR count). The normalized spacial score (nSPS) is 20.0. The molecule has 0 radical (unpaired) electrons. The summed E-state index contributed by atoms with van der Waals surface area (Å²) in [6, 6.07) is 0. The molecule has 0 atom stereocenters. The average molecular weight is 195 g/mol. The molecule has 3 nitrogen and oxygen atoms in total. The standard InChI is InChI=1S/C11H17NO2/c1-2-3-4-5-10(13)11(12)6-8-14-9-7-11/h1H,3-9,12H2. The molecule has 0 aromatic rings. The Bertz CT molecular complexity index is 236. The van der Waals surface area contributed by atoms with Crippen LogP contribution in [0.5, 0.6) is 0 Å². The van der Waals surface area contributed by atoms with Gasteiger partial charge in [0, 0.05) is 26.1 Å². The van der Waals surface area contributed by atoms with Gasteiger partial charge in [-0.3, -0.25) is 4.79 Å². The maximum Gasteiger partial charge on any atom is 0.152 e. The maximum absolute atomic E-state index is 11.7. The van der Waals surface area contributed by atoms with Gasteiger partial charge in [-0.25, -0.2) is 0 Å². The maximum atomic E-state index is 11.7. The predicted octanol–water partition coefficient (Wildman–Crippen LogP) is 0.867. The summed E-state index contributed by atoms with van der Waals surface area (Å²) in [5.41, 5.74) is 5.36. The van der Waals surface area contributed by atoms with Gasteiger partial charge in [0.15, 0.2) is 5.78 Å². The first-order valence-corrected chi connectivity index (χ1v) is 5.02. The minimum atomic E-state index is -0.646. The van der Waals surface area contributed by atoms with Gasteiger partial charge in [-0.05, 0) is 19.3 Å². The number of ether oxygens (including phenoxy) is 1. The van der Waals surface area contributed by atoms with Crippen LogP contribution in [0.15, 0.2) is 0 Å². The number of ketones is 1. The average Bonchev–Trinajstić information content (AvgIpc) is 2.19. The van der Waals surface area contributed by atoms with Crippen molar-refractivity contribution in [1.29, 1.82) is 0 Å². The fourth-order valence-electron chi connectivity index (χ4n) is 1.61. The number of terminal acetylenes is 1. The van der Waals surface area contributed by atoms with Crippen molar-refractivity contribution >= 4 is 5.78 Å². The number of nitrogens with two attached hydrogens (primary N) is 1. The molecule has 0 amide bonds. The van der Waals surface area contributed by atoms with E-state index in [1.165, 1.54) is 0 Å². The number of hydrogen-bond donors (Lipinski definition) is 1. The van der Waals surface area contributed by atoms with Crippen LogP contribution in [-0.4, -0.2) is 24.5 Å². The molecule has 0 bridgehead atoms. The van der Waals surface area contributed by atoms with E-state index in [2.05, 4.69) is 5.92 Å². The molecule has 0 spiro atoms. The Balaban J connectivity index is 2.38. The van der Waals surface area contributed by atoms with E-state index in [9.17, 15) is 4.79 Å². The van der Waals surface area contributed by atoms with Crippen LogP contribution >= 0.6 is 0 Å². The first kappa shape index (κ1) is 11.2. The van der Waals surface area contributed by atoms with Gasteiger partial charge in [-0.15, -0.1) is 12.3 Å². The molecule has 0 aromatic heterocycles. The smallest absolute Gasteiger partial charge is 0.152 e. The zero-order valence-electron chi connectivity index (χ0n) is 8.42. The van der Waals surface area contributed by atoms with Crippen LogP contribution in [0.1, 0.15) is 32.1 Å². The number of carbonyl (C=O) groups excluding carboxylic acids is 1. The number of rotatable bonds is 4. The fraction of sp³-hybridized carbons (Fsp3) is 0.727. The Hall–Kier alpha value is -0.850. The van der Waals surface area contributed by atoms with Gasteiger partial charge >= 0.3 is 0 Å². The van der Waals surface area contributed by atoms with Gasteiger partial charge in [0.05, 0.1) is 5.54 Å². The Kier molecular flexibility index (Phi) is 4.12. The van der Waals surface area contributed by atoms with Gasteiger partial charge < -0.3 is 10.5 Å². The van der Waals surface area contributed by atoms with Crippen molar-refractivity contribution in [2.75, 3.05) is 13.2 Å². The minimum absolute atomic E-state index is 0.135. The van der Waals surface area contributed by atoms with E-state index in [1.54, 1.807) is 0 Å². The van der Waals surface area contributed by atoms with Crippen molar-refractivity contribution in [1.82, 2.24) is 0 Å². The van der Waals surface area contributed by atoms with E-state index in [4.69, 9.17) is 16.9 Å². The third kappa shape index (κ3) is 2.83.